The first-order chi connectivity index (χ1) is 8.00. The standard InChI is InChI=1S/C13H18O3S/c1-10-6-7-12(9-11(10)2)17(16)8-4-3-5-13(14)15/h6-7,9H,3-5,8H2,1-2H3,(H,14,15). The van der Waals surface area contributed by atoms with Gasteiger partial charge in [-0.2, -0.15) is 0 Å². The van der Waals surface area contributed by atoms with Gasteiger partial charge in [0.25, 0.3) is 0 Å². The average molecular weight is 254 g/mol. The summed E-state index contributed by atoms with van der Waals surface area (Å²) in [7, 11) is -1.01. The number of aryl methyl sites for hydroxylation is 2. The van der Waals surface area contributed by atoms with Crippen LogP contribution in [0.2, 0.25) is 0 Å². The molecule has 17 heavy (non-hydrogen) atoms. The SMILES string of the molecule is Cc1ccc(S(=O)CCCCC(=O)O)cc1C. The molecule has 0 aromatic heterocycles. The zero-order valence-corrected chi connectivity index (χ0v) is 11.0. The zero-order chi connectivity index (χ0) is 12.8. The molecule has 0 aliphatic carbocycles. The molecule has 0 aliphatic heterocycles. The van der Waals surface area contributed by atoms with E-state index in [0.29, 0.717) is 18.6 Å². The molecule has 4 heteroatoms. The van der Waals surface area contributed by atoms with Crippen LogP contribution in [-0.4, -0.2) is 21.0 Å². The van der Waals surface area contributed by atoms with E-state index in [1.807, 2.05) is 32.0 Å². The van der Waals surface area contributed by atoms with Gasteiger partial charge in [0.05, 0.1) is 10.8 Å². The van der Waals surface area contributed by atoms with Gasteiger partial charge in [-0.15, -0.1) is 0 Å². The van der Waals surface area contributed by atoms with E-state index in [-0.39, 0.29) is 6.42 Å². The van der Waals surface area contributed by atoms with Crippen LogP contribution >= 0.6 is 0 Å². The van der Waals surface area contributed by atoms with Gasteiger partial charge in [0.2, 0.25) is 0 Å². The Kier molecular flexibility index (Phi) is 5.35. The Morgan fingerprint density at radius 2 is 1.94 bits per heavy atom. The number of aliphatic carboxylic acids is 1. The van der Waals surface area contributed by atoms with E-state index >= 15 is 0 Å². The van der Waals surface area contributed by atoms with Crippen LogP contribution in [0.5, 0.6) is 0 Å². The maximum atomic E-state index is 11.9. The first kappa shape index (κ1) is 13.9. The van der Waals surface area contributed by atoms with Crippen molar-refractivity contribution >= 4 is 16.8 Å². The number of hydrogen-bond acceptors (Lipinski definition) is 2. The lowest BCUT2D eigenvalue weighted by molar-refractivity contribution is -0.137. The average Bonchev–Trinajstić information content (AvgIpc) is 2.27. The highest BCUT2D eigenvalue weighted by molar-refractivity contribution is 7.85. The molecule has 0 fully saturated rings. The Labute approximate surface area is 104 Å². The largest absolute Gasteiger partial charge is 0.481 e. The van der Waals surface area contributed by atoms with Crippen LogP contribution in [0.4, 0.5) is 0 Å². The van der Waals surface area contributed by atoms with Crippen molar-refractivity contribution in [3.8, 4) is 0 Å². The Hall–Kier alpha value is -1.16. The molecule has 0 radical (unpaired) electrons. The van der Waals surface area contributed by atoms with Crippen LogP contribution in [0, 0.1) is 13.8 Å². The molecule has 94 valence electrons. The van der Waals surface area contributed by atoms with Crippen LogP contribution < -0.4 is 0 Å². The van der Waals surface area contributed by atoms with Crippen LogP contribution in [-0.2, 0) is 15.6 Å². The maximum Gasteiger partial charge on any atom is 0.303 e. The van der Waals surface area contributed by atoms with Crippen molar-refractivity contribution in [1.29, 1.82) is 0 Å². The third-order valence-electron chi connectivity index (χ3n) is 2.71. The molecule has 1 rings (SSSR count). The summed E-state index contributed by atoms with van der Waals surface area (Å²) in [6, 6.07) is 5.80. The Bertz CT molecular complexity index is 427. The number of carboxylic acid groups (broad SMARTS) is 1. The number of rotatable bonds is 6. The van der Waals surface area contributed by atoms with Gasteiger partial charge in [-0.3, -0.25) is 9.00 Å². The monoisotopic (exact) mass is 254 g/mol. The number of hydrogen-bond donors (Lipinski definition) is 1. The molecule has 0 saturated heterocycles. The van der Waals surface area contributed by atoms with Gasteiger partial charge in [-0.25, -0.2) is 0 Å². The number of carboxylic acids is 1. The lowest BCUT2D eigenvalue weighted by Crippen LogP contribution is -2.01. The molecule has 0 saturated carbocycles. The number of benzene rings is 1. The van der Waals surface area contributed by atoms with Crippen LogP contribution in [0.15, 0.2) is 23.1 Å². The Morgan fingerprint density at radius 3 is 2.53 bits per heavy atom. The topological polar surface area (TPSA) is 54.4 Å². The third kappa shape index (κ3) is 4.69. The summed E-state index contributed by atoms with van der Waals surface area (Å²) in [6.45, 7) is 4.02. The number of carbonyl (C=O) groups is 1. The zero-order valence-electron chi connectivity index (χ0n) is 10.2. The fraction of sp³-hybridized carbons (Fsp3) is 0.462. The van der Waals surface area contributed by atoms with Gasteiger partial charge < -0.3 is 5.11 Å². The van der Waals surface area contributed by atoms with E-state index in [1.54, 1.807) is 0 Å². The molecule has 1 N–H and O–H groups in total. The van der Waals surface area contributed by atoms with Crippen molar-refractivity contribution in [2.45, 2.75) is 38.0 Å². The van der Waals surface area contributed by atoms with E-state index in [2.05, 4.69) is 0 Å². The van der Waals surface area contributed by atoms with E-state index in [4.69, 9.17) is 5.11 Å². The van der Waals surface area contributed by atoms with Crippen LogP contribution in [0.3, 0.4) is 0 Å². The summed E-state index contributed by atoms with van der Waals surface area (Å²) in [5.41, 5.74) is 2.33. The second-order valence-corrected chi connectivity index (χ2v) is 5.72. The Balaban J connectivity index is 2.47. The van der Waals surface area contributed by atoms with Crippen LogP contribution in [0.1, 0.15) is 30.4 Å². The maximum absolute atomic E-state index is 11.9. The van der Waals surface area contributed by atoms with Crippen molar-refractivity contribution in [3.63, 3.8) is 0 Å². The minimum absolute atomic E-state index is 0.157. The van der Waals surface area contributed by atoms with Gasteiger partial charge >= 0.3 is 5.97 Å². The van der Waals surface area contributed by atoms with E-state index in [9.17, 15) is 9.00 Å². The second kappa shape index (κ2) is 6.55. The summed E-state index contributed by atoms with van der Waals surface area (Å²) >= 11 is 0. The first-order valence-corrected chi connectivity index (χ1v) is 7.00. The molecule has 0 spiro atoms. The summed E-state index contributed by atoms with van der Waals surface area (Å²) in [6.07, 6.45) is 1.43. The van der Waals surface area contributed by atoms with Crippen molar-refractivity contribution in [2.24, 2.45) is 0 Å². The summed E-state index contributed by atoms with van der Waals surface area (Å²) in [4.78, 5) is 11.2. The van der Waals surface area contributed by atoms with Crippen molar-refractivity contribution in [2.75, 3.05) is 5.75 Å². The summed E-state index contributed by atoms with van der Waals surface area (Å²) < 4.78 is 11.9. The molecular formula is C13H18O3S. The smallest absolute Gasteiger partial charge is 0.303 e. The van der Waals surface area contributed by atoms with E-state index in [0.717, 1.165) is 10.5 Å². The van der Waals surface area contributed by atoms with Crippen molar-refractivity contribution in [3.05, 3.63) is 29.3 Å². The minimum Gasteiger partial charge on any atom is -0.481 e. The minimum atomic E-state index is -1.01. The van der Waals surface area contributed by atoms with E-state index < -0.39 is 16.8 Å². The van der Waals surface area contributed by atoms with Crippen molar-refractivity contribution < 1.29 is 14.1 Å². The molecular weight excluding hydrogens is 236 g/mol. The molecule has 0 bridgehead atoms. The second-order valence-electron chi connectivity index (χ2n) is 4.15. The lowest BCUT2D eigenvalue weighted by atomic mass is 10.1. The fourth-order valence-corrected chi connectivity index (χ4v) is 2.71. The highest BCUT2D eigenvalue weighted by atomic mass is 32.2. The molecule has 1 unspecified atom stereocenters. The predicted octanol–water partition coefficient (Wildman–Crippen LogP) is 2.67. The predicted molar refractivity (Wildman–Crippen MR) is 68.7 cm³/mol. The quantitative estimate of drug-likeness (QED) is 0.794. The summed E-state index contributed by atoms with van der Waals surface area (Å²) in [5, 5.41) is 8.49. The van der Waals surface area contributed by atoms with E-state index in [1.165, 1.54) is 5.56 Å². The molecule has 0 aliphatic rings. The van der Waals surface area contributed by atoms with Crippen molar-refractivity contribution in [1.82, 2.24) is 0 Å². The summed E-state index contributed by atoms with van der Waals surface area (Å²) in [5.74, 6) is -0.252. The third-order valence-corrected chi connectivity index (χ3v) is 4.15. The normalized spacial score (nSPS) is 12.4. The lowest BCUT2D eigenvalue weighted by Gasteiger charge is -2.05. The molecule has 1 atom stereocenters. The van der Waals surface area contributed by atoms with Gasteiger partial charge in [0, 0.05) is 17.1 Å². The molecule has 1 aromatic carbocycles. The molecule has 1 aromatic rings. The van der Waals surface area contributed by atoms with Gasteiger partial charge in [0.1, 0.15) is 0 Å². The fourth-order valence-electron chi connectivity index (χ4n) is 1.48. The van der Waals surface area contributed by atoms with Gasteiger partial charge in [0.15, 0.2) is 0 Å². The first-order valence-electron chi connectivity index (χ1n) is 5.68. The van der Waals surface area contributed by atoms with Crippen LogP contribution in [0.25, 0.3) is 0 Å². The van der Waals surface area contributed by atoms with Gasteiger partial charge in [-0.1, -0.05) is 6.07 Å². The number of unbranched alkanes of at least 4 members (excludes halogenated alkanes) is 1. The molecule has 3 nitrogen and oxygen atoms in total. The highest BCUT2D eigenvalue weighted by Crippen LogP contribution is 2.14. The molecule has 0 heterocycles. The molecule has 0 amide bonds. The Morgan fingerprint density at radius 1 is 1.24 bits per heavy atom. The van der Waals surface area contributed by atoms with Gasteiger partial charge in [-0.05, 0) is 49.9 Å². The highest BCUT2D eigenvalue weighted by Gasteiger charge is 2.05.